The first-order valence-corrected chi connectivity index (χ1v) is 14.6. The minimum Gasteiger partial charge on any atom is -0.497 e. The molecule has 1 aromatic heterocycles. The van der Waals surface area contributed by atoms with Crippen LogP contribution in [0, 0.1) is 13.8 Å². The summed E-state index contributed by atoms with van der Waals surface area (Å²) < 4.78 is 37.4. The molecule has 36 heavy (non-hydrogen) atoms. The normalized spacial score (nSPS) is 14.8. The molecule has 1 aliphatic rings. The summed E-state index contributed by atoms with van der Waals surface area (Å²) in [4.78, 5) is 22.4. The molecule has 4 rings (SSSR count). The zero-order valence-electron chi connectivity index (χ0n) is 21.0. The quantitative estimate of drug-likeness (QED) is 0.393. The third-order valence-corrected chi connectivity index (χ3v) is 9.37. The average Bonchev–Trinajstić information content (AvgIpc) is 3.35. The predicted octanol–water partition coefficient (Wildman–Crippen LogP) is 3.84. The molecule has 0 radical (unpaired) electrons. The molecule has 0 aliphatic carbocycles. The Morgan fingerprint density at radius 3 is 2.47 bits per heavy atom. The number of aryl methyl sites for hydroxylation is 2. The van der Waals surface area contributed by atoms with E-state index in [2.05, 4.69) is 11.0 Å². The first-order chi connectivity index (χ1) is 17.3. The minimum atomic E-state index is -3.61. The van der Waals surface area contributed by atoms with Gasteiger partial charge in [0.2, 0.25) is 5.91 Å². The third kappa shape index (κ3) is 6.23. The SMILES string of the molecule is COc1ccc(S(=O)(=O)CCC(=O)N(CCCN2CCOCC2)c2nc3c(C)ccc(C)c3s2)cc1. The topological polar surface area (TPSA) is 89.0 Å². The molecule has 0 bridgehead atoms. The molecular formula is C26H33N3O5S2. The van der Waals surface area contributed by atoms with Crippen LogP contribution in [0.3, 0.4) is 0 Å². The van der Waals surface area contributed by atoms with E-state index in [1.54, 1.807) is 17.0 Å². The summed E-state index contributed by atoms with van der Waals surface area (Å²) in [6, 6.07) is 10.3. The van der Waals surface area contributed by atoms with E-state index in [0.29, 0.717) is 17.4 Å². The molecule has 3 aromatic rings. The van der Waals surface area contributed by atoms with Gasteiger partial charge in [-0.3, -0.25) is 14.6 Å². The zero-order chi connectivity index (χ0) is 25.7. The monoisotopic (exact) mass is 531 g/mol. The van der Waals surface area contributed by atoms with Gasteiger partial charge >= 0.3 is 0 Å². The number of rotatable bonds is 10. The van der Waals surface area contributed by atoms with Gasteiger partial charge in [-0.2, -0.15) is 0 Å². The van der Waals surface area contributed by atoms with Crippen LogP contribution in [0.5, 0.6) is 5.75 Å². The summed E-state index contributed by atoms with van der Waals surface area (Å²) >= 11 is 1.49. The first-order valence-electron chi connectivity index (χ1n) is 12.1. The molecule has 194 valence electrons. The number of methoxy groups -OCH3 is 1. The van der Waals surface area contributed by atoms with E-state index in [1.165, 1.54) is 30.6 Å². The summed E-state index contributed by atoms with van der Waals surface area (Å²) in [7, 11) is -2.09. The molecule has 1 fully saturated rings. The highest BCUT2D eigenvalue weighted by molar-refractivity contribution is 7.91. The molecule has 2 heterocycles. The lowest BCUT2D eigenvalue weighted by Crippen LogP contribution is -2.39. The molecule has 2 aromatic carbocycles. The second kappa shape index (κ2) is 11.7. The number of benzene rings is 2. The molecule has 0 atom stereocenters. The smallest absolute Gasteiger partial charge is 0.229 e. The van der Waals surface area contributed by atoms with E-state index in [4.69, 9.17) is 14.5 Å². The lowest BCUT2D eigenvalue weighted by Gasteiger charge is -2.27. The Morgan fingerprint density at radius 1 is 1.11 bits per heavy atom. The van der Waals surface area contributed by atoms with Gasteiger partial charge < -0.3 is 9.47 Å². The van der Waals surface area contributed by atoms with Gasteiger partial charge in [-0.1, -0.05) is 23.5 Å². The van der Waals surface area contributed by atoms with Crippen LogP contribution in [0.1, 0.15) is 24.0 Å². The molecule has 0 unspecified atom stereocenters. The van der Waals surface area contributed by atoms with Gasteiger partial charge in [0.1, 0.15) is 5.75 Å². The fraction of sp³-hybridized carbons (Fsp3) is 0.462. The summed E-state index contributed by atoms with van der Waals surface area (Å²) in [5.74, 6) is 0.0856. The van der Waals surface area contributed by atoms with Crippen LogP contribution < -0.4 is 9.64 Å². The van der Waals surface area contributed by atoms with Crippen molar-refractivity contribution in [3.63, 3.8) is 0 Å². The van der Waals surface area contributed by atoms with E-state index >= 15 is 0 Å². The number of carbonyl (C=O) groups is 1. The summed E-state index contributed by atoms with van der Waals surface area (Å²) in [5.41, 5.74) is 3.06. The Bertz CT molecular complexity index is 1260. The maximum Gasteiger partial charge on any atom is 0.229 e. The Balaban J connectivity index is 1.51. The first kappa shape index (κ1) is 26.5. The van der Waals surface area contributed by atoms with Crippen molar-refractivity contribution in [3.05, 3.63) is 47.5 Å². The van der Waals surface area contributed by atoms with Crippen molar-refractivity contribution in [1.29, 1.82) is 0 Å². The van der Waals surface area contributed by atoms with Crippen LogP contribution in [-0.2, 0) is 19.4 Å². The molecule has 1 saturated heterocycles. The van der Waals surface area contributed by atoms with Crippen LogP contribution in [0.2, 0.25) is 0 Å². The Kier molecular flexibility index (Phi) is 8.61. The van der Waals surface area contributed by atoms with Crippen LogP contribution >= 0.6 is 11.3 Å². The second-order valence-corrected chi connectivity index (χ2v) is 12.1. The Hall–Kier alpha value is -2.53. The lowest BCUT2D eigenvalue weighted by molar-refractivity contribution is -0.118. The lowest BCUT2D eigenvalue weighted by atomic mass is 10.1. The van der Waals surface area contributed by atoms with E-state index in [9.17, 15) is 13.2 Å². The van der Waals surface area contributed by atoms with Crippen LogP contribution in [-0.4, -0.2) is 76.5 Å². The Labute approximate surface area is 216 Å². The molecule has 0 spiro atoms. The van der Waals surface area contributed by atoms with Gasteiger partial charge in [0, 0.05) is 32.6 Å². The molecule has 10 heteroatoms. The third-order valence-electron chi connectivity index (χ3n) is 6.43. The van der Waals surface area contributed by atoms with Crippen molar-refractivity contribution >= 4 is 42.4 Å². The molecule has 1 aliphatic heterocycles. The molecular weight excluding hydrogens is 498 g/mol. The summed E-state index contributed by atoms with van der Waals surface area (Å²) in [6.45, 7) is 8.59. The van der Waals surface area contributed by atoms with Crippen LogP contribution in [0.25, 0.3) is 10.2 Å². The standard InChI is InChI=1S/C26H33N3O5S2/c1-19-5-6-20(2)25-24(19)27-26(35-25)29(13-4-12-28-14-16-34-17-15-28)23(30)11-18-36(31,32)22-9-7-21(33-3)8-10-22/h5-10H,4,11-18H2,1-3H3. The largest absolute Gasteiger partial charge is 0.497 e. The maximum absolute atomic E-state index is 13.4. The number of nitrogens with zero attached hydrogens (tertiary/aromatic N) is 3. The highest BCUT2D eigenvalue weighted by Crippen LogP contribution is 2.33. The van der Waals surface area contributed by atoms with Crippen molar-refractivity contribution in [1.82, 2.24) is 9.88 Å². The highest BCUT2D eigenvalue weighted by Gasteiger charge is 2.24. The fourth-order valence-corrected chi connectivity index (χ4v) is 6.61. The van der Waals surface area contributed by atoms with Crippen LogP contribution in [0.15, 0.2) is 41.3 Å². The van der Waals surface area contributed by atoms with Crippen molar-refractivity contribution in [2.24, 2.45) is 0 Å². The van der Waals surface area contributed by atoms with Gasteiger partial charge in [0.05, 0.1) is 41.2 Å². The number of amides is 1. The van der Waals surface area contributed by atoms with Gasteiger partial charge in [-0.25, -0.2) is 13.4 Å². The number of ether oxygens (including phenoxy) is 2. The predicted molar refractivity (Wildman–Crippen MR) is 143 cm³/mol. The second-order valence-electron chi connectivity index (χ2n) is 8.97. The van der Waals surface area contributed by atoms with Crippen molar-refractivity contribution in [2.45, 2.75) is 31.6 Å². The molecule has 0 N–H and O–H groups in total. The number of hydrogen-bond acceptors (Lipinski definition) is 8. The number of sulfone groups is 1. The van der Waals surface area contributed by atoms with Gasteiger partial charge in [-0.05, 0) is 55.7 Å². The van der Waals surface area contributed by atoms with Crippen molar-refractivity contribution in [3.8, 4) is 5.75 Å². The van der Waals surface area contributed by atoms with E-state index in [-0.39, 0.29) is 23.0 Å². The van der Waals surface area contributed by atoms with Crippen molar-refractivity contribution in [2.75, 3.05) is 57.2 Å². The number of thiazole rings is 1. The number of fused-ring (bicyclic) bond motifs is 1. The number of carbonyl (C=O) groups excluding carboxylic acids is 1. The number of anilines is 1. The fourth-order valence-electron chi connectivity index (χ4n) is 4.23. The zero-order valence-corrected chi connectivity index (χ0v) is 22.7. The highest BCUT2D eigenvalue weighted by atomic mass is 32.2. The summed E-state index contributed by atoms with van der Waals surface area (Å²) in [6.07, 6.45) is 0.657. The van der Waals surface area contributed by atoms with Gasteiger partial charge in [0.25, 0.3) is 0 Å². The Morgan fingerprint density at radius 2 is 1.81 bits per heavy atom. The van der Waals surface area contributed by atoms with E-state index in [1.807, 2.05) is 19.9 Å². The van der Waals surface area contributed by atoms with Crippen molar-refractivity contribution < 1.29 is 22.7 Å². The maximum atomic E-state index is 13.4. The average molecular weight is 532 g/mol. The van der Waals surface area contributed by atoms with E-state index in [0.717, 1.165) is 60.6 Å². The molecule has 8 nitrogen and oxygen atoms in total. The summed E-state index contributed by atoms with van der Waals surface area (Å²) in [5, 5.41) is 0.622. The minimum absolute atomic E-state index is 0.111. The number of hydrogen-bond donors (Lipinski definition) is 0. The van der Waals surface area contributed by atoms with E-state index < -0.39 is 9.84 Å². The van der Waals surface area contributed by atoms with Gasteiger partial charge in [0.15, 0.2) is 15.0 Å². The molecule has 0 saturated carbocycles. The van der Waals surface area contributed by atoms with Gasteiger partial charge in [-0.15, -0.1) is 0 Å². The van der Waals surface area contributed by atoms with Crippen LogP contribution in [0.4, 0.5) is 5.13 Å². The molecule has 1 amide bonds. The number of aromatic nitrogens is 1. The number of morpholine rings is 1.